The fraction of sp³-hybridized carbons (Fsp3) is 0.400. The number of carbonyl (C=O) groups is 4. The van der Waals surface area contributed by atoms with Crippen molar-refractivity contribution in [2.45, 2.75) is 46.0 Å². The Morgan fingerprint density at radius 3 is 2.54 bits per heavy atom. The molecule has 0 aliphatic heterocycles. The molecule has 37 heavy (non-hydrogen) atoms. The molecule has 1 aromatic carbocycles. The van der Waals surface area contributed by atoms with Gasteiger partial charge in [0, 0.05) is 10.4 Å². The van der Waals surface area contributed by atoms with Gasteiger partial charge in [0.25, 0.3) is 5.91 Å². The van der Waals surface area contributed by atoms with Crippen molar-refractivity contribution in [3.63, 3.8) is 0 Å². The van der Waals surface area contributed by atoms with Crippen molar-refractivity contribution in [2.75, 3.05) is 25.6 Å². The van der Waals surface area contributed by atoms with Crippen molar-refractivity contribution in [3.05, 3.63) is 39.8 Å². The number of methoxy groups -OCH3 is 1. The van der Waals surface area contributed by atoms with Crippen LogP contribution in [0.1, 0.15) is 59.5 Å². The molecule has 4 N–H and O–H groups in total. The Morgan fingerprint density at radius 1 is 1.08 bits per heavy atom. The highest BCUT2D eigenvalue weighted by molar-refractivity contribution is 7.17. The summed E-state index contributed by atoms with van der Waals surface area (Å²) in [4.78, 5) is 49.8. The van der Waals surface area contributed by atoms with Crippen LogP contribution in [0.25, 0.3) is 0 Å². The SMILES string of the molecule is CCOC(=O)c1c(NC(=O)C(=O)N/N=C(\C)c2ccc(OCC(N)=O)c(OC)c2)sc2c1CCCCC2. The van der Waals surface area contributed by atoms with Crippen LogP contribution < -0.4 is 25.9 Å². The van der Waals surface area contributed by atoms with Gasteiger partial charge in [-0.2, -0.15) is 5.10 Å². The van der Waals surface area contributed by atoms with E-state index in [4.69, 9.17) is 19.9 Å². The first-order valence-corrected chi connectivity index (χ1v) is 12.6. The standard InChI is InChI=1S/C25H30N4O7S/c1-4-35-25(33)21-16-8-6-5-7-9-19(16)37-24(21)27-22(31)23(32)29-28-14(2)15-10-11-17(18(12-15)34-3)36-13-20(26)30/h10-12H,4-9,13H2,1-3H3,(H2,26,30)(H,27,31)(H,29,32)/b28-14+. The monoisotopic (exact) mass is 530 g/mol. The molecule has 1 heterocycles. The number of fused-ring (bicyclic) bond motifs is 1. The number of hydrogen-bond acceptors (Lipinski definition) is 9. The van der Waals surface area contributed by atoms with Gasteiger partial charge in [0.15, 0.2) is 18.1 Å². The molecule has 1 aliphatic rings. The van der Waals surface area contributed by atoms with E-state index in [-0.39, 0.29) is 13.2 Å². The van der Waals surface area contributed by atoms with Gasteiger partial charge in [-0.15, -0.1) is 11.3 Å². The van der Waals surface area contributed by atoms with Crippen LogP contribution >= 0.6 is 11.3 Å². The Morgan fingerprint density at radius 2 is 1.84 bits per heavy atom. The number of ether oxygens (including phenoxy) is 3. The number of hydrazone groups is 1. The van der Waals surface area contributed by atoms with Crippen molar-refractivity contribution >= 4 is 45.7 Å². The number of thiophene rings is 1. The number of aryl methyl sites for hydroxylation is 1. The molecule has 0 spiro atoms. The van der Waals surface area contributed by atoms with Crippen LogP contribution in [-0.4, -0.2) is 49.7 Å². The summed E-state index contributed by atoms with van der Waals surface area (Å²) in [6, 6.07) is 4.82. The first-order chi connectivity index (χ1) is 17.7. The number of primary amides is 1. The predicted octanol–water partition coefficient (Wildman–Crippen LogP) is 2.55. The number of anilines is 1. The van der Waals surface area contributed by atoms with Crippen molar-refractivity contribution < 1.29 is 33.4 Å². The zero-order valence-corrected chi connectivity index (χ0v) is 21.8. The van der Waals surface area contributed by atoms with Crippen LogP contribution in [0, 0.1) is 0 Å². The normalized spacial score (nSPS) is 13.1. The van der Waals surface area contributed by atoms with Crippen molar-refractivity contribution in [2.24, 2.45) is 10.8 Å². The van der Waals surface area contributed by atoms with E-state index in [2.05, 4.69) is 15.8 Å². The third-order valence-corrected chi connectivity index (χ3v) is 6.82. The second-order valence-corrected chi connectivity index (χ2v) is 9.31. The molecule has 3 amide bonds. The number of nitrogens with two attached hydrogens (primary N) is 1. The Balaban J connectivity index is 1.72. The third-order valence-electron chi connectivity index (χ3n) is 5.61. The summed E-state index contributed by atoms with van der Waals surface area (Å²) < 4.78 is 15.8. The molecule has 12 heteroatoms. The lowest BCUT2D eigenvalue weighted by Crippen LogP contribution is -2.33. The largest absolute Gasteiger partial charge is 0.493 e. The average Bonchev–Trinajstić information content (AvgIpc) is 3.05. The lowest BCUT2D eigenvalue weighted by atomic mass is 10.1. The number of amides is 3. The van der Waals surface area contributed by atoms with E-state index in [1.807, 2.05) is 0 Å². The molecular weight excluding hydrogens is 500 g/mol. The number of nitrogens with zero attached hydrogens (tertiary/aromatic N) is 1. The lowest BCUT2D eigenvalue weighted by molar-refractivity contribution is -0.136. The highest BCUT2D eigenvalue weighted by Gasteiger charge is 2.28. The van der Waals surface area contributed by atoms with Gasteiger partial charge in [0.1, 0.15) is 5.00 Å². The smallest absolute Gasteiger partial charge is 0.341 e. The first-order valence-electron chi connectivity index (χ1n) is 11.8. The summed E-state index contributed by atoms with van der Waals surface area (Å²) in [7, 11) is 1.43. The van der Waals surface area contributed by atoms with Crippen LogP contribution in [0.4, 0.5) is 5.00 Å². The van der Waals surface area contributed by atoms with Gasteiger partial charge in [-0.3, -0.25) is 14.4 Å². The summed E-state index contributed by atoms with van der Waals surface area (Å²) in [6.07, 6.45) is 4.55. The number of hydrogen-bond donors (Lipinski definition) is 3. The molecule has 198 valence electrons. The number of rotatable bonds is 9. The quantitative estimate of drug-likeness (QED) is 0.148. The summed E-state index contributed by atoms with van der Waals surface area (Å²) in [5, 5.41) is 6.87. The minimum atomic E-state index is -0.994. The molecule has 2 aromatic rings. The van der Waals surface area contributed by atoms with E-state index in [9.17, 15) is 19.2 Å². The average molecular weight is 531 g/mol. The predicted molar refractivity (Wildman–Crippen MR) is 138 cm³/mol. The van der Waals surface area contributed by atoms with Crippen LogP contribution in [0.2, 0.25) is 0 Å². The fourth-order valence-electron chi connectivity index (χ4n) is 3.82. The van der Waals surface area contributed by atoms with E-state index in [1.54, 1.807) is 32.0 Å². The third kappa shape index (κ3) is 7.06. The maximum atomic E-state index is 12.7. The topological polar surface area (TPSA) is 158 Å². The summed E-state index contributed by atoms with van der Waals surface area (Å²) in [5.41, 5.74) is 9.52. The van der Waals surface area contributed by atoms with Crippen LogP contribution in [0.3, 0.4) is 0 Å². The van der Waals surface area contributed by atoms with Crippen molar-refractivity contribution in [3.8, 4) is 11.5 Å². The van der Waals surface area contributed by atoms with Gasteiger partial charge in [-0.1, -0.05) is 6.42 Å². The molecule has 0 fully saturated rings. The molecule has 1 aliphatic carbocycles. The first kappa shape index (κ1) is 27.7. The zero-order chi connectivity index (χ0) is 26.9. The zero-order valence-electron chi connectivity index (χ0n) is 21.0. The maximum absolute atomic E-state index is 12.7. The summed E-state index contributed by atoms with van der Waals surface area (Å²) in [6.45, 7) is 3.24. The molecular formula is C25H30N4O7S. The Hall–Kier alpha value is -3.93. The number of benzene rings is 1. The molecule has 3 rings (SSSR count). The fourth-order valence-corrected chi connectivity index (χ4v) is 5.09. The van der Waals surface area contributed by atoms with Gasteiger partial charge in [0.05, 0.1) is 25.0 Å². The van der Waals surface area contributed by atoms with Crippen LogP contribution in [-0.2, 0) is 32.0 Å². The molecule has 0 bridgehead atoms. The van der Waals surface area contributed by atoms with Gasteiger partial charge >= 0.3 is 17.8 Å². The second kappa shape index (κ2) is 12.9. The van der Waals surface area contributed by atoms with E-state index < -0.39 is 23.7 Å². The molecule has 0 radical (unpaired) electrons. The molecule has 0 saturated carbocycles. The number of carbonyl (C=O) groups excluding carboxylic acids is 4. The van der Waals surface area contributed by atoms with Gasteiger partial charge in [-0.25, -0.2) is 10.2 Å². The maximum Gasteiger partial charge on any atom is 0.341 e. The Bertz CT molecular complexity index is 1220. The Labute approximate surface area is 218 Å². The van der Waals surface area contributed by atoms with Gasteiger partial charge in [-0.05, 0) is 63.3 Å². The molecule has 11 nitrogen and oxygen atoms in total. The molecule has 0 saturated heterocycles. The van der Waals surface area contributed by atoms with Gasteiger partial charge in [0.2, 0.25) is 0 Å². The van der Waals surface area contributed by atoms with Gasteiger partial charge < -0.3 is 25.3 Å². The number of esters is 1. The number of nitrogens with one attached hydrogen (secondary N) is 2. The van der Waals surface area contributed by atoms with Crippen LogP contribution in [0.15, 0.2) is 23.3 Å². The minimum Gasteiger partial charge on any atom is -0.493 e. The van der Waals surface area contributed by atoms with Crippen LogP contribution in [0.5, 0.6) is 11.5 Å². The van der Waals surface area contributed by atoms with E-state index in [0.29, 0.717) is 33.3 Å². The van der Waals surface area contributed by atoms with Crippen molar-refractivity contribution in [1.29, 1.82) is 0 Å². The second-order valence-electron chi connectivity index (χ2n) is 8.20. The molecule has 0 atom stereocenters. The Kier molecular flexibility index (Phi) is 9.61. The van der Waals surface area contributed by atoms with Crippen molar-refractivity contribution in [1.82, 2.24) is 5.43 Å². The lowest BCUT2D eigenvalue weighted by Gasteiger charge is -2.11. The molecule has 1 aromatic heterocycles. The summed E-state index contributed by atoms with van der Waals surface area (Å²) in [5.74, 6) is -2.44. The highest BCUT2D eigenvalue weighted by Crippen LogP contribution is 2.38. The molecule has 0 unspecified atom stereocenters. The summed E-state index contributed by atoms with van der Waals surface area (Å²) >= 11 is 1.30. The van der Waals surface area contributed by atoms with E-state index in [0.717, 1.165) is 42.5 Å². The van der Waals surface area contributed by atoms with E-state index >= 15 is 0 Å². The highest BCUT2D eigenvalue weighted by atomic mass is 32.1. The minimum absolute atomic E-state index is 0.203. The van der Waals surface area contributed by atoms with E-state index in [1.165, 1.54) is 18.4 Å².